The maximum Gasteiger partial charge on any atom is 0.233 e. The number of amides is 1. The Bertz CT molecular complexity index is 647. The first-order valence-corrected chi connectivity index (χ1v) is 8.31. The highest BCUT2D eigenvalue weighted by molar-refractivity contribution is 6.35. The molecular weight excluding hydrogens is 331 g/mol. The Labute approximate surface area is 147 Å². The second kappa shape index (κ2) is 8.92. The smallest absolute Gasteiger partial charge is 0.233 e. The Hall–Kier alpha value is -1.55. The van der Waals surface area contributed by atoms with E-state index in [1.54, 1.807) is 12.1 Å². The van der Waals surface area contributed by atoms with Crippen molar-refractivity contribution in [2.24, 2.45) is 0 Å². The van der Waals surface area contributed by atoms with Crippen molar-refractivity contribution in [1.29, 1.82) is 0 Å². The lowest BCUT2D eigenvalue weighted by Gasteiger charge is -2.14. The van der Waals surface area contributed by atoms with Crippen LogP contribution in [0.4, 0.5) is 0 Å². The van der Waals surface area contributed by atoms with E-state index in [2.05, 4.69) is 10.6 Å². The van der Waals surface area contributed by atoms with Crippen LogP contribution in [0.15, 0.2) is 48.5 Å². The number of hydrogen-bond donors (Lipinski definition) is 2. The minimum Gasteiger partial charge on any atom is -0.355 e. The Balaban J connectivity index is 1.71. The molecule has 0 aliphatic heterocycles. The predicted octanol–water partition coefficient (Wildman–Crippen LogP) is 4.00. The summed E-state index contributed by atoms with van der Waals surface area (Å²) in [5.41, 5.74) is 2.13. The van der Waals surface area contributed by atoms with Crippen LogP contribution < -0.4 is 10.6 Å². The molecule has 2 N–H and O–H groups in total. The summed E-state index contributed by atoms with van der Waals surface area (Å²) >= 11 is 12.0. The molecule has 2 aromatic carbocycles. The molecule has 0 bridgehead atoms. The second-order valence-electron chi connectivity index (χ2n) is 5.35. The summed E-state index contributed by atoms with van der Waals surface area (Å²) in [4.78, 5) is 11.9. The van der Waals surface area contributed by atoms with Crippen LogP contribution in [0, 0.1) is 0 Å². The first-order chi connectivity index (χ1) is 11.1. The molecule has 3 nitrogen and oxygen atoms in total. The van der Waals surface area contributed by atoms with Gasteiger partial charge in [-0.25, -0.2) is 0 Å². The largest absolute Gasteiger partial charge is 0.355 e. The minimum absolute atomic E-state index is 0.0298. The van der Waals surface area contributed by atoms with Gasteiger partial charge in [-0.3, -0.25) is 4.79 Å². The molecule has 0 fully saturated rings. The van der Waals surface area contributed by atoms with Crippen LogP contribution in [0.5, 0.6) is 0 Å². The van der Waals surface area contributed by atoms with Crippen molar-refractivity contribution >= 4 is 29.1 Å². The van der Waals surface area contributed by atoms with Gasteiger partial charge >= 0.3 is 0 Å². The van der Waals surface area contributed by atoms with Gasteiger partial charge in [-0.2, -0.15) is 0 Å². The predicted molar refractivity (Wildman–Crippen MR) is 96.0 cm³/mol. The SMILES string of the molecule is C[C@H](NCC(=O)NCCc1ccc(Cl)cc1Cl)c1ccccc1. The summed E-state index contributed by atoms with van der Waals surface area (Å²) in [5, 5.41) is 7.34. The molecule has 0 radical (unpaired) electrons. The number of hydrogen-bond acceptors (Lipinski definition) is 2. The highest BCUT2D eigenvalue weighted by Gasteiger charge is 2.07. The monoisotopic (exact) mass is 350 g/mol. The zero-order valence-corrected chi connectivity index (χ0v) is 14.5. The lowest BCUT2D eigenvalue weighted by Crippen LogP contribution is -2.36. The average molecular weight is 351 g/mol. The molecule has 2 aromatic rings. The van der Waals surface area contributed by atoms with Gasteiger partial charge in [0, 0.05) is 22.6 Å². The molecular formula is C18H20Cl2N2O. The van der Waals surface area contributed by atoms with Crippen molar-refractivity contribution in [2.45, 2.75) is 19.4 Å². The Kier molecular flexibility index (Phi) is 6.90. The van der Waals surface area contributed by atoms with Gasteiger partial charge < -0.3 is 10.6 Å². The van der Waals surface area contributed by atoms with E-state index in [9.17, 15) is 4.79 Å². The zero-order valence-electron chi connectivity index (χ0n) is 13.0. The van der Waals surface area contributed by atoms with E-state index in [-0.39, 0.29) is 18.5 Å². The maximum absolute atomic E-state index is 11.9. The standard InChI is InChI=1S/C18H20Cl2N2O/c1-13(14-5-3-2-4-6-14)22-12-18(23)21-10-9-15-7-8-16(19)11-17(15)20/h2-8,11,13,22H,9-10,12H2,1H3,(H,21,23)/t13-/m0/s1. The fraction of sp³-hybridized carbons (Fsp3) is 0.278. The van der Waals surface area contributed by atoms with E-state index in [1.165, 1.54) is 0 Å². The van der Waals surface area contributed by atoms with Crippen LogP contribution in [0.1, 0.15) is 24.1 Å². The minimum atomic E-state index is -0.0298. The summed E-state index contributed by atoms with van der Waals surface area (Å²) in [6.45, 7) is 2.86. The van der Waals surface area contributed by atoms with Crippen LogP contribution in [0.2, 0.25) is 10.0 Å². The molecule has 1 amide bonds. The number of halogens is 2. The first-order valence-electron chi connectivity index (χ1n) is 7.55. The van der Waals surface area contributed by atoms with Crippen molar-refractivity contribution in [1.82, 2.24) is 10.6 Å². The van der Waals surface area contributed by atoms with Gasteiger partial charge in [0.2, 0.25) is 5.91 Å². The zero-order chi connectivity index (χ0) is 16.7. The van der Waals surface area contributed by atoms with Crippen LogP contribution in [0.25, 0.3) is 0 Å². The Morgan fingerprint density at radius 3 is 2.57 bits per heavy atom. The van der Waals surface area contributed by atoms with E-state index >= 15 is 0 Å². The highest BCUT2D eigenvalue weighted by Crippen LogP contribution is 2.21. The van der Waals surface area contributed by atoms with E-state index in [0.29, 0.717) is 23.0 Å². The van der Waals surface area contributed by atoms with Gasteiger partial charge in [0.15, 0.2) is 0 Å². The Morgan fingerprint density at radius 1 is 1.13 bits per heavy atom. The molecule has 0 aromatic heterocycles. The fourth-order valence-corrected chi connectivity index (χ4v) is 2.73. The molecule has 0 unspecified atom stereocenters. The maximum atomic E-state index is 11.9. The van der Waals surface area contributed by atoms with Crippen molar-refractivity contribution in [3.8, 4) is 0 Å². The number of benzene rings is 2. The third-order valence-electron chi connectivity index (χ3n) is 3.60. The molecule has 0 saturated heterocycles. The third kappa shape index (κ3) is 5.87. The number of rotatable bonds is 7. The van der Waals surface area contributed by atoms with Crippen molar-refractivity contribution in [2.75, 3.05) is 13.1 Å². The van der Waals surface area contributed by atoms with Gasteiger partial charge in [-0.15, -0.1) is 0 Å². The molecule has 0 aliphatic rings. The molecule has 1 atom stereocenters. The fourth-order valence-electron chi connectivity index (χ4n) is 2.23. The molecule has 5 heteroatoms. The van der Waals surface area contributed by atoms with E-state index in [4.69, 9.17) is 23.2 Å². The first kappa shape index (κ1) is 17.8. The third-order valence-corrected chi connectivity index (χ3v) is 4.19. The number of carbonyl (C=O) groups is 1. The lowest BCUT2D eigenvalue weighted by molar-refractivity contribution is -0.120. The van der Waals surface area contributed by atoms with Gasteiger partial charge in [0.05, 0.1) is 6.54 Å². The summed E-state index contributed by atoms with van der Waals surface area (Å²) in [6.07, 6.45) is 0.677. The van der Waals surface area contributed by atoms with Crippen LogP contribution >= 0.6 is 23.2 Å². The normalized spacial score (nSPS) is 12.0. The molecule has 0 saturated carbocycles. The summed E-state index contributed by atoms with van der Waals surface area (Å²) in [5.74, 6) is -0.0298. The topological polar surface area (TPSA) is 41.1 Å². The van der Waals surface area contributed by atoms with Gasteiger partial charge in [-0.1, -0.05) is 59.6 Å². The molecule has 0 aliphatic carbocycles. The summed E-state index contributed by atoms with van der Waals surface area (Å²) in [7, 11) is 0. The van der Waals surface area contributed by atoms with Crippen molar-refractivity contribution in [3.63, 3.8) is 0 Å². The molecule has 2 rings (SSSR count). The van der Waals surface area contributed by atoms with Gasteiger partial charge in [0.1, 0.15) is 0 Å². The molecule has 122 valence electrons. The summed E-state index contributed by atoms with van der Waals surface area (Å²) < 4.78 is 0. The highest BCUT2D eigenvalue weighted by atomic mass is 35.5. The van der Waals surface area contributed by atoms with E-state index in [1.807, 2.05) is 43.3 Å². The van der Waals surface area contributed by atoms with Gasteiger partial charge in [0.25, 0.3) is 0 Å². The number of carbonyl (C=O) groups excluding carboxylic acids is 1. The lowest BCUT2D eigenvalue weighted by atomic mass is 10.1. The van der Waals surface area contributed by atoms with Crippen molar-refractivity contribution < 1.29 is 4.79 Å². The average Bonchev–Trinajstić information content (AvgIpc) is 2.55. The number of nitrogens with one attached hydrogen (secondary N) is 2. The second-order valence-corrected chi connectivity index (χ2v) is 6.19. The van der Waals surface area contributed by atoms with E-state index < -0.39 is 0 Å². The quantitative estimate of drug-likeness (QED) is 0.792. The summed E-state index contributed by atoms with van der Waals surface area (Å²) in [6, 6.07) is 15.6. The van der Waals surface area contributed by atoms with Crippen LogP contribution in [0.3, 0.4) is 0 Å². The molecule has 0 heterocycles. The van der Waals surface area contributed by atoms with Crippen LogP contribution in [-0.4, -0.2) is 19.0 Å². The van der Waals surface area contributed by atoms with Crippen molar-refractivity contribution in [3.05, 3.63) is 69.7 Å². The van der Waals surface area contributed by atoms with Crippen LogP contribution in [-0.2, 0) is 11.2 Å². The molecule has 0 spiro atoms. The van der Waals surface area contributed by atoms with Gasteiger partial charge in [-0.05, 0) is 36.6 Å². The van der Waals surface area contributed by atoms with E-state index in [0.717, 1.165) is 11.1 Å². The Morgan fingerprint density at radius 2 is 1.87 bits per heavy atom. The molecule has 23 heavy (non-hydrogen) atoms.